The highest BCUT2D eigenvalue weighted by Crippen LogP contribution is 2.28. The van der Waals surface area contributed by atoms with E-state index >= 15 is 0 Å². The highest BCUT2D eigenvalue weighted by molar-refractivity contribution is 5.87. The largest absolute Gasteiger partial charge is 0.460 e. The maximum absolute atomic E-state index is 11.7. The predicted octanol–water partition coefficient (Wildman–Crippen LogP) is 3.32. The monoisotopic (exact) mass is 271 g/mol. The van der Waals surface area contributed by atoms with E-state index in [1.54, 1.807) is 13.8 Å². The van der Waals surface area contributed by atoms with Gasteiger partial charge in [-0.15, -0.1) is 0 Å². The van der Waals surface area contributed by atoms with Crippen LogP contribution in [0, 0.1) is 6.92 Å². The van der Waals surface area contributed by atoms with Crippen molar-refractivity contribution in [3.63, 3.8) is 0 Å². The summed E-state index contributed by atoms with van der Waals surface area (Å²) in [7, 11) is 0. The molecule has 0 aliphatic heterocycles. The van der Waals surface area contributed by atoms with E-state index in [-0.39, 0.29) is 5.76 Å². The molecule has 0 spiro atoms. The SMILES string of the molecule is CCOC(=O)c1oc(-c2ccc3c(c2)CCC3)nc1C. The Morgan fingerprint density at radius 1 is 1.35 bits per heavy atom. The van der Waals surface area contributed by atoms with Crippen LogP contribution in [0.4, 0.5) is 0 Å². The molecule has 0 fully saturated rings. The van der Waals surface area contributed by atoms with Crippen LogP contribution in [-0.2, 0) is 17.6 Å². The lowest BCUT2D eigenvalue weighted by molar-refractivity contribution is 0.0490. The second-order valence-corrected chi connectivity index (χ2v) is 4.99. The second kappa shape index (κ2) is 5.12. The summed E-state index contributed by atoms with van der Waals surface area (Å²) < 4.78 is 10.5. The van der Waals surface area contributed by atoms with Crippen LogP contribution < -0.4 is 0 Å². The van der Waals surface area contributed by atoms with E-state index in [1.807, 2.05) is 6.07 Å². The van der Waals surface area contributed by atoms with E-state index in [0.717, 1.165) is 18.4 Å². The van der Waals surface area contributed by atoms with Crippen LogP contribution in [0.1, 0.15) is 40.7 Å². The maximum Gasteiger partial charge on any atom is 0.376 e. The van der Waals surface area contributed by atoms with E-state index in [0.29, 0.717) is 18.2 Å². The van der Waals surface area contributed by atoms with Crippen molar-refractivity contribution < 1.29 is 13.9 Å². The molecule has 0 radical (unpaired) electrons. The number of aryl methyl sites for hydroxylation is 3. The van der Waals surface area contributed by atoms with Gasteiger partial charge in [0, 0.05) is 5.56 Å². The number of nitrogens with zero attached hydrogens (tertiary/aromatic N) is 1. The number of benzene rings is 1. The lowest BCUT2D eigenvalue weighted by atomic mass is 10.1. The fourth-order valence-electron chi connectivity index (χ4n) is 2.61. The second-order valence-electron chi connectivity index (χ2n) is 4.99. The lowest BCUT2D eigenvalue weighted by Gasteiger charge is -2.01. The first kappa shape index (κ1) is 12.9. The number of ether oxygens (including phenoxy) is 1. The van der Waals surface area contributed by atoms with Crippen molar-refractivity contribution in [2.24, 2.45) is 0 Å². The molecular weight excluding hydrogens is 254 g/mol. The molecule has 20 heavy (non-hydrogen) atoms. The van der Waals surface area contributed by atoms with Gasteiger partial charge in [-0.25, -0.2) is 9.78 Å². The quantitative estimate of drug-likeness (QED) is 0.804. The lowest BCUT2D eigenvalue weighted by Crippen LogP contribution is -2.04. The fourth-order valence-corrected chi connectivity index (χ4v) is 2.61. The van der Waals surface area contributed by atoms with E-state index in [1.165, 1.54) is 17.5 Å². The van der Waals surface area contributed by atoms with Crippen molar-refractivity contribution in [1.82, 2.24) is 4.98 Å². The molecule has 1 aliphatic rings. The summed E-state index contributed by atoms with van der Waals surface area (Å²) in [5.74, 6) is 0.229. The number of carbonyl (C=O) groups excluding carboxylic acids is 1. The third-order valence-electron chi connectivity index (χ3n) is 3.60. The molecule has 0 bridgehead atoms. The zero-order valence-electron chi connectivity index (χ0n) is 11.7. The van der Waals surface area contributed by atoms with Crippen LogP contribution in [0.3, 0.4) is 0 Å². The number of rotatable bonds is 3. The average Bonchev–Trinajstić information content (AvgIpc) is 3.04. The highest BCUT2D eigenvalue weighted by Gasteiger charge is 2.20. The Morgan fingerprint density at radius 2 is 2.15 bits per heavy atom. The molecular formula is C16H17NO3. The minimum atomic E-state index is -0.454. The van der Waals surface area contributed by atoms with Crippen molar-refractivity contribution in [2.75, 3.05) is 6.61 Å². The third-order valence-corrected chi connectivity index (χ3v) is 3.60. The Kier molecular flexibility index (Phi) is 3.30. The van der Waals surface area contributed by atoms with Gasteiger partial charge in [0.2, 0.25) is 11.7 Å². The average molecular weight is 271 g/mol. The van der Waals surface area contributed by atoms with Crippen LogP contribution in [0.5, 0.6) is 0 Å². The molecule has 3 rings (SSSR count). The van der Waals surface area contributed by atoms with E-state index in [2.05, 4.69) is 17.1 Å². The standard InChI is InChI=1S/C16H17NO3/c1-3-19-16(18)14-10(2)17-15(20-14)13-8-7-11-5-4-6-12(11)9-13/h7-9H,3-6H2,1-2H3. The molecule has 1 aliphatic carbocycles. The molecule has 104 valence electrons. The summed E-state index contributed by atoms with van der Waals surface area (Å²) in [5.41, 5.74) is 4.25. The summed E-state index contributed by atoms with van der Waals surface area (Å²) in [4.78, 5) is 16.1. The zero-order valence-corrected chi connectivity index (χ0v) is 11.7. The summed E-state index contributed by atoms with van der Waals surface area (Å²) >= 11 is 0. The number of fused-ring (bicyclic) bond motifs is 1. The van der Waals surface area contributed by atoms with Gasteiger partial charge in [-0.05, 0) is 56.4 Å². The van der Waals surface area contributed by atoms with Gasteiger partial charge in [-0.3, -0.25) is 0 Å². The summed E-state index contributed by atoms with van der Waals surface area (Å²) in [6, 6.07) is 6.24. The number of hydrogen-bond acceptors (Lipinski definition) is 4. The van der Waals surface area contributed by atoms with Gasteiger partial charge < -0.3 is 9.15 Å². The molecule has 2 aromatic rings. The smallest absolute Gasteiger partial charge is 0.376 e. The van der Waals surface area contributed by atoms with Gasteiger partial charge in [0.25, 0.3) is 0 Å². The Hall–Kier alpha value is -2.10. The van der Waals surface area contributed by atoms with E-state index in [9.17, 15) is 4.79 Å². The zero-order chi connectivity index (χ0) is 14.1. The number of hydrogen-bond donors (Lipinski definition) is 0. The van der Waals surface area contributed by atoms with Crippen molar-refractivity contribution in [3.05, 3.63) is 40.8 Å². The molecule has 1 aromatic carbocycles. The molecule has 0 unspecified atom stereocenters. The summed E-state index contributed by atoms with van der Waals surface area (Å²) in [6.07, 6.45) is 3.46. The fraction of sp³-hybridized carbons (Fsp3) is 0.375. The van der Waals surface area contributed by atoms with Crippen LogP contribution in [0.25, 0.3) is 11.5 Å². The first-order valence-electron chi connectivity index (χ1n) is 6.95. The first-order chi connectivity index (χ1) is 9.69. The Morgan fingerprint density at radius 3 is 2.95 bits per heavy atom. The summed E-state index contributed by atoms with van der Waals surface area (Å²) in [5, 5.41) is 0. The van der Waals surface area contributed by atoms with Gasteiger partial charge in [0.15, 0.2) is 0 Å². The molecule has 0 N–H and O–H groups in total. The Labute approximate surface area is 117 Å². The van der Waals surface area contributed by atoms with Crippen molar-refractivity contribution in [2.45, 2.75) is 33.1 Å². The van der Waals surface area contributed by atoms with Gasteiger partial charge in [-0.2, -0.15) is 0 Å². The van der Waals surface area contributed by atoms with Crippen molar-refractivity contribution in [3.8, 4) is 11.5 Å². The molecule has 1 heterocycles. The molecule has 0 saturated carbocycles. The molecule has 0 saturated heterocycles. The number of carbonyl (C=O) groups is 1. The first-order valence-corrected chi connectivity index (χ1v) is 6.95. The normalized spacial score (nSPS) is 13.3. The molecule has 4 nitrogen and oxygen atoms in total. The van der Waals surface area contributed by atoms with Crippen molar-refractivity contribution >= 4 is 5.97 Å². The van der Waals surface area contributed by atoms with E-state index < -0.39 is 5.97 Å². The third kappa shape index (κ3) is 2.22. The van der Waals surface area contributed by atoms with Crippen LogP contribution in [-0.4, -0.2) is 17.6 Å². The van der Waals surface area contributed by atoms with Crippen LogP contribution in [0.2, 0.25) is 0 Å². The van der Waals surface area contributed by atoms with Gasteiger partial charge in [0.1, 0.15) is 0 Å². The highest BCUT2D eigenvalue weighted by atomic mass is 16.5. The number of esters is 1. The van der Waals surface area contributed by atoms with Gasteiger partial charge in [0.05, 0.1) is 12.3 Å². The topological polar surface area (TPSA) is 52.3 Å². The van der Waals surface area contributed by atoms with Gasteiger partial charge in [-0.1, -0.05) is 6.07 Å². The predicted molar refractivity (Wildman–Crippen MR) is 74.7 cm³/mol. The minimum absolute atomic E-state index is 0.197. The summed E-state index contributed by atoms with van der Waals surface area (Å²) in [6.45, 7) is 3.85. The molecule has 1 aromatic heterocycles. The number of oxazole rings is 1. The molecule has 0 amide bonds. The van der Waals surface area contributed by atoms with E-state index in [4.69, 9.17) is 9.15 Å². The van der Waals surface area contributed by atoms with Crippen molar-refractivity contribution in [1.29, 1.82) is 0 Å². The Bertz CT molecular complexity index is 658. The van der Waals surface area contributed by atoms with Crippen LogP contribution >= 0.6 is 0 Å². The maximum atomic E-state index is 11.7. The number of aromatic nitrogens is 1. The Balaban J connectivity index is 1.95. The minimum Gasteiger partial charge on any atom is -0.460 e. The molecule has 4 heteroatoms. The van der Waals surface area contributed by atoms with Gasteiger partial charge >= 0.3 is 5.97 Å². The van der Waals surface area contributed by atoms with Crippen LogP contribution in [0.15, 0.2) is 22.6 Å². The molecule has 0 atom stereocenters.